The summed E-state index contributed by atoms with van der Waals surface area (Å²) in [5.74, 6) is 1.08. The minimum absolute atomic E-state index is 0.240. The van der Waals surface area contributed by atoms with E-state index in [9.17, 15) is 9.59 Å². The Bertz CT molecular complexity index is 433. The molecule has 2 atom stereocenters. The molecular formula is C18H26O4. The average molecular weight is 306 g/mol. The van der Waals surface area contributed by atoms with Crippen LogP contribution >= 0.6 is 0 Å². The van der Waals surface area contributed by atoms with Gasteiger partial charge in [-0.2, -0.15) is 0 Å². The largest absolute Gasteiger partial charge is 0.427 e. The predicted octanol–water partition coefficient (Wildman–Crippen LogP) is 4.37. The Hall–Kier alpha value is -1.84. The number of rotatable bonds is 8. The van der Waals surface area contributed by atoms with Gasteiger partial charge in [-0.3, -0.25) is 9.59 Å². The Morgan fingerprint density at radius 2 is 1.14 bits per heavy atom. The van der Waals surface area contributed by atoms with Crippen LogP contribution in [0.5, 0.6) is 11.5 Å². The fourth-order valence-electron chi connectivity index (χ4n) is 1.78. The number of carbonyl (C=O) groups excluding carboxylic acids is 2. The van der Waals surface area contributed by atoms with Crippen molar-refractivity contribution in [1.82, 2.24) is 0 Å². The molecule has 0 saturated heterocycles. The van der Waals surface area contributed by atoms with Crippen LogP contribution < -0.4 is 9.47 Å². The highest BCUT2D eigenvalue weighted by atomic mass is 16.5. The SMILES string of the molecule is CCC(C)CC(=O)Oc1ccc(OC(=O)CC(C)CC)cc1. The van der Waals surface area contributed by atoms with E-state index >= 15 is 0 Å². The Morgan fingerprint density at radius 3 is 1.41 bits per heavy atom. The highest BCUT2D eigenvalue weighted by Gasteiger charge is 2.11. The third-order valence-corrected chi connectivity index (χ3v) is 3.71. The summed E-state index contributed by atoms with van der Waals surface area (Å²) in [4.78, 5) is 23.4. The highest BCUT2D eigenvalue weighted by molar-refractivity contribution is 5.73. The molecule has 0 aliphatic carbocycles. The molecule has 1 rings (SSSR count). The van der Waals surface area contributed by atoms with Gasteiger partial charge in [0.2, 0.25) is 0 Å². The van der Waals surface area contributed by atoms with Gasteiger partial charge in [-0.15, -0.1) is 0 Å². The summed E-state index contributed by atoms with van der Waals surface area (Å²) in [5, 5.41) is 0. The molecule has 0 N–H and O–H groups in total. The molecule has 0 aliphatic heterocycles. The topological polar surface area (TPSA) is 52.6 Å². The summed E-state index contributed by atoms with van der Waals surface area (Å²) in [6.07, 6.45) is 2.70. The number of ether oxygens (including phenoxy) is 2. The summed E-state index contributed by atoms with van der Waals surface area (Å²) in [7, 11) is 0. The van der Waals surface area contributed by atoms with Gasteiger partial charge in [0.1, 0.15) is 11.5 Å². The van der Waals surface area contributed by atoms with E-state index in [1.807, 2.05) is 27.7 Å². The van der Waals surface area contributed by atoms with Gasteiger partial charge in [0.25, 0.3) is 0 Å². The zero-order chi connectivity index (χ0) is 16.5. The smallest absolute Gasteiger partial charge is 0.311 e. The average Bonchev–Trinajstić information content (AvgIpc) is 2.48. The van der Waals surface area contributed by atoms with E-state index in [1.54, 1.807) is 24.3 Å². The first kappa shape index (κ1) is 18.2. The summed E-state index contributed by atoms with van der Waals surface area (Å²) in [5.41, 5.74) is 0. The van der Waals surface area contributed by atoms with Gasteiger partial charge in [0, 0.05) is 12.8 Å². The van der Waals surface area contributed by atoms with Crippen molar-refractivity contribution < 1.29 is 19.1 Å². The minimum Gasteiger partial charge on any atom is -0.427 e. The standard InChI is InChI=1S/C18H26O4/c1-5-13(3)11-17(19)21-15-7-9-16(10-8-15)22-18(20)12-14(4)6-2/h7-10,13-14H,5-6,11-12H2,1-4H3. The first-order valence-corrected chi connectivity index (χ1v) is 7.96. The number of esters is 2. The molecule has 0 aromatic heterocycles. The molecule has 1 aromatic rings. The zero-order valence-electron chi connectivity index (χ0n) is 13.9. The Balaban J connectivity index is 2.49. The number of carbonyl (C=O) groups is 2. The van der Waals surface area contributed by atoms with Crippen molar-refractivity contribution in [2.75, 3.05) is 0 Å². The molecule has 0 spiro atoms. The second kappa shape index (κ2) is 9.23. The number of hydrogen-bond acceptors (Lipinski definition) is 4. The van der Waals surface area contributed by atoms with E-state index in [0.717, 1.165) is 12.8 Å². The number of benzene rings is 1. The molecule has 0 radical (unpaired) electrons. The lowest BCUT2D eigenvalue weighted by Gasteiger charge is -2.10. The van der Waals surface area contributed by atoms with Crippen LogP contribution in [0.2, 0.25) is 0 Å². The summed E-state index contributed by atoms with van der Waals surface area (Å²) in [6.45, 7) is 8.11. The predicted molar refractivity (Wildman–Crippen MR) is 85.9 cm³/mol. The van der Waals surface area contributed by atoms with Crippen molar-refractivity contribution in [3.05, 3.63) is 24.3 Å². The summed E-state index contributed by atoms with van der Waals surface area (Å²) < 4.78 is 10.5. The third-order valence-electron chi connectivity index (χ3n) is 3.71. The molecule has 22 heavy (non-hydrogen) atoms. The molecule has 0 bridgehead atoms. The maximum atomic E-state index is 11.7. The van der Waals surface area contributed by atoms with Gasteiger partial charge in [0.05, 0.1) is 0 Å². The molecule has 1 aromatic carbocycles. The first-order valence-electron chi connectivity index (χ1n) is 7.96. The second-order valence-corrected chi connectivity index (χ2v) is 5.85. The van der Waals surface area contributed by atoms with Gasteiger partial charge in [0.15, 0.2) is 0 Å². The van der Waals surface area contributed by atoms with E-state index in [4.69, 9.17) is 9.47 Å². The van der Waals surface area contributed by atoms with E-state index < -0.39 is 0 Å². The molecule has 0 saturated carbocycles. The molecule has 4 heteroatoms. The van der Waals surface area contributed by atoms with Gasteiger partial charge < -0.3 is 9.47 Å². The minimum atomic E-state index is -0.240. The van der Waals surface area contributed by atoms with E-state index in [-0.39, 0.29) is 11.9 Å². The van der Waals surface area contributed by atoms with E-state index in [2.05, 4.69) is 0 Å². The van der Waals surface area contributed by atoms with Crippen LogP contribution in [0.3, 0.4) is 0 Å². The Kier molecular flexibility index (Phi) is 7.64. The van der Waals surface area contributed by atoms with Crippen LogP contribution in [-0.4, -0.2) is 11.9 Å². The molecule has 0 aliphatic rings. The molecular weight excluding hydrogens is 280 g/mol. The molecule has 0 fully saturated rings. The van der Waals surface area contributed by atoms with Gasteiger partial charge in [-0.1, -0.05) is 40.5 Å². The van der Waals surface area contributed by atoms with Crippen LogP contribution in [0.4, 0.5) is 0 Å². The van der Waals surface area contributed by atoms with Crippen molar-refractivity contribution in [3.8, 4) is 11.5 Å². The fraction of sp³-hybridized carbons (Fsp3) is 0.556. The van der Waals surface area contributed by atoms with Crippen molar-refractivity contribution in [2.24, 2.45) is 11.8 Å². The lowest BCUT2D eigenvalue weighted by molar-refractivity contribution is -0.136. The van der Waals surface area contributed by atoms with E-state index in [1.165, 1.54) is 0 Å². The fourth-order valence-corrected chi connectivity index (χ4v) is 1.78. The number of hydrogen-bond donors (Lipinski definition) is 0. The summed E-state index contributed by atoms with van der Waals surface area (Å²) in [6, 6.07) is 6.56. The van der Waals surface area contributed by atoms with Crippen molar-refractivity contribution >= 4 is 11.9 Å². The van der Waals surface area contributed by atoms with Crippen molar-refractivity contribution in [3.63, 3.8) is 0 Å². The highest BCUT2D eigenvalue weighted by Crippen LogP contribution is 2.20. The van der Waals surface area contributed by atoms with Crippen LogP contribution in [0.1, 0.15) is 53.4 Å². The third kappa shape index (κ3) is 6.74. The molecule has 0 amide bonds. The zero-order valence-corrected chi connectivity index (χ0v) is 13.9. The molecule has 0 heterocycles. The lowest BCUT2D eigenvalue weighted by Crippen LogP contribution is -2.13. The Labute approximate surface area is 132 Å². The van der Waals surface area contributed by atoms with E-state index in [0.29, 0.717) is 36.2 Å². The van der Waals surface area contributed by atoms with Crippen LogP contribution in [0, 0.1) is 11.8 Å². The van der Waals surface area contributed by atoms with Gasteiger partial charge in [-0.05, 0) is 36.1 Å². The maximum absolute atomic E-state index is 11.7. The van der Waals surface area contributed by atoms with Crippen LogP contribution in [-0.2, 0) is 9.59 Å². The lowest BCUT2D eigenvalue weighted by atomic mass is 10.1. The van der Waals surface area contributed by atoms with Crippen molar-refractivity contribution in [2.45, 2.75) is 53.4 Å². The van der Waals surface area contributed by atoms with Crippen LogP contribution in [0.15, 0.2) is 24.3 Å². The first-order chi connectivity index (χ1) is 10.4. The monoisotopic (exact) mass is 306 g/mol. The van der Waals surface area contributed by atoms with Gasteiger partial charge in [-0.25, -0.2) is 0 Å². The normalized spacial score (nSPS) is 13.3. The molecule has 4 nitrogen and oxygen atoms in total. The second-order valence-electron chi connectivity index (χ2n) is 5.85. The molecule has 122 valence electrons. The van der Waals surface area contributed by atoms with Crippen LogP contribution in [0.25, 0.3) is 0 Å². The Morgan fingerprint density at radius 1 is 0.818 bits per heavy atom. The quantitative estimate of drug-likeness (QED) is 0.528. The molecule has 2 unspecified atom stereocenters. The maximum Gasteiger partial charge on any atom is 0.311 e. The van der Waals surface area contributed by atoms with Gasteiger partial charge >= 0.3 is 11.9 Å². The van der Waals surface area contributed by atoms with Crippen molar-refractivity contribution in [1.29, 1.82) is 0 Å². The summed E-state index contributed by atoms with van der Waals surface area (Å²) >= 11 is 0.